The lowest BCUT2D eigenvalue weighted by atomic mass is 9.91. The fraction of sp³-hybridized carbons (Fsp3) is 0.312. The molecule has 1 aliphatic heterocycles. The summed E-state index contributed by atoms with van der Waals surface area (Å²) in [5, 5.41) is 20.8. The second-order valence-electron chi connectivity index (χ2n) is 6.57. The molecule has 0 amide bonds. The lowest BCUT2D eigenvalue weighted by Crippen LogP contribution is -2.25. The SMILES string of the molecule is CC1(C)CN(c2c(F)cc3c(=O)c(C(=O)O)c[nH]c3c2F)CC1=NO. The highest BCUT2D eigenvalue weighted by atomic mass is 19.1. The number of H-pyrrole nitrogens is 1. The molecule has 0 saturated carbocycles. The summed E-state index contributed by atoms with van der Waals surface area (Å²) in [6, 6.07) is 0.820. The number of halogens is 2. The molecule has 0 atom stereocenters. The Hall–Kier alpha value is -2.97. The number of aromatic carboxylic acids is 1. The maximum absolute atomic E-state index is 14.9. The number of carbonyl (C=O) groups is 1. The molecule has 132 valence electrons. The Morgan fingerprint density at radius 2 is 2.08 bits per heavy atom. The molecule has 0 unspecified atom stereocenters. The van der Waals surface area contributed by atoms with E-state index in [2.05, 4.69) is 10.1 Å². The summed E-state index contributed by atoms with van der Waals surface area (Å²) in [6.45, 7) is 3.79. The van der Waals surface area contributed by atoms with E-state index in [9.17, 15) is 18.4 Å². The number of hydrogen-bond donors (Lipinski definition) is 3. The Morgan fingerprint density at radius 1 is 1.40 bits per heavy atom. The standard InChI is InChI=1S/C16H15F2N3O4/c1-16(2)6-21(5-10(16)20-25)13-9(17)3-7-12(11(13)18)19-4-8(14(7)22)15(23)24/h3-4,25H,5-6H2,1-2H3,(H,19,22)(H,23,24). The van der Waals surface area contributed by atoms with E-state index in [1.807, 2.05) is 0 Å². The van der Waals surface area contributed by atoms with Gasteiger partial charge in [-0.2, -0.15) is 0 Å². The molecule has 1 aromatic heterocycles. The summed E-state index contributed by atoms with van der Waals surface area (Å²) in [5.41, 5.74) is -2.41. The smallest absolute Gasteiger partial charge is 0.341 e. The van der Waals surface area contributed by atoms with E-state index in [1.165, 1.54) is 4.90 Å². The summed E-state index contributed by atoms with van der Waals surface area (Å²) in [6.07, 6.45) is 0.881. The van der Waals surface area contributed by atoms with E-state index in [1.54, 1.807) is 13.8 Å². The molecule has 1 aliphatic rings. The number of pyridine rings is 1. The van der Waals surface area contributed by atoms with Crippen LogP contribution < -0.4 is 10.3 Å². The zero-order valence-electron chi connectivity index (χ0n) is 13.4. The number of nitrogens with one attached hydrogen (secondary N) is 1. The van der Waals surface area contributed by atoms with E-state index in [0.717, 1.165) is 12.3 Å². The molecule has 9 heteroatoms. The minimum absolute atomic E-state index is 0.0281. The first-order chi connectivity index (χ1) is 11.7. The van der Waals surface area contributed by atoms with E-state index < -0.39 is 34.0 Å². The lowest BCUT2D eigenvalue weighted by molar-refractivity contribution is 0.0695. The lowest BCUT2D eigenvalue weighted by Gasteiger charge is -2.22. The summed E-state index contributed by atoms with van der Waals surface area (Å²) in [5.74, 6) is -3.48. The van der Waals surface area contributed by atoms with Crippen LogP contribution in [-0.4, -0.2) is 40.1 Å². The van der Waals surface area contributed by atoms with E-state index in [-0.39, 0.29) is 29.7 Å². The maximum Gasteiger partial charge on any atom is 0.341 e. The predicted molar refractivity (Wildman–Crippen MR) is 86.7 cm³/mol. The largest absolute Gasteiger partial charge is 0.477 e. The van der Waals surface area contributed by atoms with Crippen LogP contribution in [0.4, 0.5) is 14.5 Å². The molecule has 2 heterocycles. The fourth-order valence-corrected chi connectivity index (χ4v) is 3.08. The molecular weight excluding hydrogens is 336 g/mol. The van der Waals surface area contributed by atoms with Crippen molar-refractivity contribution in [3.8, 4) is 0 Å². The third-order valence-electron chi connectivity index (χ3n) is 4.42. The number of aromatic nitrogens is 1. The number of carboxylic acid groups (broad SMARTS) is 1. The Kier molecular flexibility index (Phi) is 3.74. The summed E-state index contributed by atoms with van der Waals surface area (Å²) in [7, 11) is 0. The molecular formula is C16H15F2N3O4. The average Bonchev–Trinajstić information content (AvgIpc) is 2.82. The van der Waals surface area contributed by atoms with Crippen molar-refractivity contribution in [1.29, 1.82) is 0 Å². The monoisotopic (exact) mass is 351 g/mol. The topological polar surface area (TPSA) is 106 Å². The Bertz CT molecular complexity index is 981. The fourth-order valence-electron chi connectivity index (χ4n) is 3.08. The first-order valence-corrected chi connectivity index (χ1v) is 7.40. The minimum atomic E-state index is -1.49. The number of carboxylic acids is 1. The first kappa shape index (κ1) is 16.9. The highest BCUT2D eigenvalue weighted by Crippen LogP contribution is 2.35. The Balaban J connectivity index is 2.21. The van der Waals surface area contributed by atoms with Crippen molar-refractivity contribution in [3.05, 3.63) is 39.7 Å². The average molecular weight is 351 g/mol. The highest BCUT2D eigenvalue weighted by Gasteiger charge is 2.39. The van der Waals surface area contributed by atoms with Crippen molar-refractivity contribution < 1.29 is 23.9 Å². The van der Waals surface area contributed by atoms with Crippen LogP contribution in [0.2, 0.25) is 0 Å². The molecule has 1 fully saturated rings. The van der Waals surface area contributed by atoms with Gasteiger partial charge in [-0.3, -0.25) is 4.79 Å². The second-order valence-corrected chi connectivity index (χ2v) is 6.57. The van der Waals surface area contributed by atoms with Gasteiger partial charge in [-0.15, -0.1) is 0 Å². The van der Waals surface area contributed by atoms with Gasteiger partial charge in [0.2, 0.25) is 5.43 Å². The van der Waals surface area contributed by atoms with Crippen molar-refractivity contribution in [2.75, 3.05) is 18.0 Å². The number of anilines is 1. The number of oxime groups is 1. The number of aromatic amines is 1. The molecule has 3 rings (SSSR count). The highest BCUT2D eigenvalue weighted by molar-refractivity contribution is 5.98. The van der Waals surface area contributed by atoms with Crippen LogP contribution in [0.25, 0.3) is 10.9 Å². The minimum Gasteiger partial charge on any atom is -0.477 e. The molecule has 0 spiro atoms. The molecule has 0 radical (unpaired) electrons. The molecule has 0 bridgehead atoms. The normalized spacial score (nSPS) is 18.2. The molecule has 2 aromatic rings. The van der Waals surface area contributed by atoms with Crippen molar-refractivity contribution in [3.63, 3.8) is 0 Å². The van der Waals surface area contributed by atoms with E-state index in [4.69, 9.17) is 10.3 Å². The van der Waals surface area contributed by atoms with Crippen molar-refractivity contribution in [2.24, 2.45) is 10.6 Å². The summed E-state index contributed by atoms with van der Waals surface area (Å²) in [4.78, 5) is 26.9. The van der Waals surface area contributed by atoms with Gasteiger partial charge in [0.15, 0.2) is 5.82 Å². The van der Waals surface area contributed by atoms with Gasteiger partial charge in [-0.1, -0.05) is 19.0 Å². The number of fused-ring (bicyclic) bond motifs is 1. The Morgan fingerprint density at radius 3 is 2.64 bits per heavy atom. The second kappa shape index (κ2) is 5.54. The molecule has 0 aliphatic carbocycles. The van der Waals surface area contributed by atoms with Crippen LogP contribution in [0, 0.1) is 17.0 Å². The van der Waals surface area contributed by atoms with Gasteiger partial charge < -0.3 is 20.2 Å². The first-order valence-electron chi connectivity index (χ1n) is 7.40. The van der Waals surface area contributed by atoms with Gasteiger partial charge in [0, 0.05) is 18.2 Å². The quantitative estimate of drug-likeness (QED) is 0.568. The van der Waals surface area contributed by atoms with Crippen molar-refractivity contribution >= 4 is 28.3 Å². The molecule has 25 heavy (non-hydrogen) atoms. The molecule has 1 aromatic carbocycles. The van der Waals surface area contributed by atoms with Crippen LogP contribution in [0.3, 0.4) is 0 Å². The zero-order valence-corrected chi connectivity index (χ0v) is 13.4. The van der Waals surface area contributed by atoms with Crippen LogP contribution in [-0.2, 0) is 0 Å². The van der Waals surface area contributed by atoms with Crippen LogP contribution >= 0.6 is 0 Å². The van der Waals surface area contributed by atoms with E-state index >= 15 is 0 Å². The molecule has 1 saturated heterocycles. The third kappa shape index (κ3) is 2.51. The third-order valence-corrected chi connectivity index (χ3v) is 4.42. The summed E-state index contributed by atoms with van der Waals surface area (Å²) < 4.78 is 29.4. The van der Waals surface area contributed by atoms with Gasteiger partial charge in [0.1, 0.15) is 17.1 Å². The van der Waals surface area contributed by atoms with Gasteiger partial charge in [0.05, 0.1) is 23.2 Å². The maximum atomic E-state index is 14.9. The molecule has 3 N–H and O–H groups in total. The zero-order chi connectivity index (χ0) is 18.5. The van der Waals surface area contributed by atoms with Gasteiger partial charge >= 0.3 is 5.97 Å². The number of hydrogen-bond acceptors (Lipinski definition) is 5. The molecule has 7 nitrogen and oxygen atoms in total. The number of benzene rings is 1. The van der Waals surface area contributed by atoms with Gasteiger partial charge in [-0.25, -0.2) is 13.6 Å². The van der Waals surface area contributed by atoms with Crippen LogP contribution in [0.15, 0.2) is 22.2 Å². The predicted octanol–water partition coefficient (Wildman–Crippen LogP) is 2.18. The Labute approximate surface area is 140 Å². The van der Waals surface area contributed by atoms with Crippen molar-refractivity contribution in [2.45, 2.75) is 13.8 Å². The van der Waals surface area contributed by atoms with Crippen molar-refractivity contribution in [1.82, 2.24) is 4.98 Å². The van der Waals surface area contributed by atoms with Gasteiger partial charge in [-0.05, 0) is 6.07 Å². The number of nitrogens with zero attached hydrogens (tertiary/aromatic N) is 2. The van der Waals surface area contributed by atoms with Crippen LogP contribution in [0.5, 0.6) is 0 Å². The van der Waals surface area contributed by atoms with E-state index in [0.29, 0.717) is 5.71 Å². The summed E-state index contributed by atoms with van der Waals surface area (Å²) >= 11 is 0. The van der Waals surface area contributed by atoms with Crippen LogP contribution in [0.1, 0.15) is 24.2 Å². The number of rotatable bonds is 2. The van der Waals surface area contributed by atoms with Gasteiger partial charge in [0.25, 0.3) is 0 Å².